The summed E-state index contributed by atoms with van der Waals surface area (Å²) in [6, 6.07) is 14.7. The lowest BCUT2D eigenvalue weighted by atomic mass is 9.66. The predicted molar refractivity (Wildman–Crippen MR) is 148 cm³/mol. The quantitative estimate of drug-likeness (QED) is 0.405. The average Bonchev–Trinajstić information content (AvgIpc) is 3.48. The van der Waals surface area contributed by atoms with Gasteiger partial charge in [-0.15, -0.1) is 0 Å². The van der Waals surface area contributed by atoms with Crippen LogP contribution in [0.3, 0.4) is 0 Å². The van der Waals surface area contributed by atoms with Crippen LogP contribution in [0.1, 0.15) is 55.7 Å². The van der Waals surface area contributed by atoms with E-state index in [2.05, 4.69) is 10.6 Å². The highest BCUT2D eigenvalue weighted by atomic mass is 16.5. The maximum absolute atomic E-state index is 14.1. The van der Waals surface area contributed by atoms with E-state index in [0.717, 1.165) is 28.8 Å². The molecule has 8 nitrogen and oxygen atoms in total. The third kappa shape index (κ3) is 4.74. The Hall–Kier alpha value is -3.23. The largest absolute Gasteiger partial charge is 0.396 e. The van der Waals surface area contributed by atoms with Crippen LogP contribution >= 0.6 is 0 Å². The van der Waals surface area contributed by atoms with Crippen LogP contribution in [0, 0.1) is 25.7 Å². The Balaban J connectivity index is 1.45. The number of fused-ring (bicyclic) bond motifs is 1. The molecule has 8 heteroatoms. The van der Waals surface area contributed by atoms with Crippen LogP contribution in [0.4, 0.5) is 5.69 Å². The number of ether oxygens (including phenoxy) is 1. The zero-order chi connectivity index (χ0) is 27.8. The lowest BCUT2D eigenvalue weighted by molar-refractivity contribution is -0.144. The number of para-hydroxylation sites is 1. The number of likely N-dealkylation sites (tertiary alicyclic amines) is 1. The minimum absolute atomic E-state index is 0.0854. The number of benzene rings is 2. The van der Waals surface area contributed by atoms with E-state index >= 15 is 0 Å². The zero-order valence-electron chi connectivity index (χ0n) is 23.0. The fourth-order valence-corrected chi connectivity index (χ4v) is 7.04. The minimum Gasteiger partial charge on any atom is -0.396 e. The zero-order valence-corrected chi connectivity index (χ0v) is 23.0. The molecular weight excluding hydrogens is 494 g/mol. The number of hydrogen-bond donors (Lipinski definition) is 3. The highest BCUT2D eigenvalue weighted by Crippen LogP contribution is 2.63. The first kappa shape index (κ1) is 27.3. The summed E-state index contributed by atoms with van der Waals surface area (Å²) in [5.74, 6) is -2.08. The van der Waals surface area contributed by atoms with E-state index in [1.54, 1.807) is 4.90 Å². The number of hydrogen-bond acceptors (Lipinski definition) is 5. The molecule has 208 valence electrons. The summed E-state index contributed by atoms with van der Waals surface area (Å²) < 4.78 is 6.69. The topological polar surface area (TPSA) is 108 Å². The number of aliphatic hydroxyl groups is 1. The first-order valence-electron chi connectivity index (χ1n) is 14.0. The van der Waals surface area contributed by atoms with Crippen LogP contribution in [0.25, 0.3) is 0 Å². The Morgan fingerprint density at radius 2 is 1.72 bits per heavy atom. The normalized spacial score (nSPS) is 29.0. The van der Waals surface area contributed by atoms with E-state index in [1.165, 1.54) is 0 Å². The van der Waals surface area contributed by atoms with Crippen molar-refractivity contribution in [2.75, 3.05) is 18.5 Å². The van der Waals surface area contributed by atoms with Gasteiger partial charge in [0.05, 0.1) is 17.4 Å². The van der Waals surface area contributed by atoms with Crippen molar-refractivity contribution in [3.63, 3.8) is 0 Å². The SMILES string of the molecule is Cc1cccc(C)c1NC(=O)C1N(CCCCCO)C(=O)[C@@H]2[C@@H](C(=O)NCc3ccccc3)[C@@]3(C)CCC12O3. The lowest BCUT2D eigenvalue weighted by Gasteiger charge is -2.33. The standard InChI is InChI=1S/C31H39N3O5/c1-20-11-10-12-21(2)25(20)33-28(37)26-31-16-15-30(3,39-31)23(27(36)32-19-22-13-6-4-7-14-22)24(31)29(38)34(26)17-8-5-9-18-35/h4,6-7,10-14,23-24,26,35H,5,8-9,15-19H2,1-3H3,(H,32,36)(H,33,37)/t23-,24-,26?,30+,31?/m0/s1. The highest BCUT2D eigenvalue weighted by Gasteiger charge is 2.77. The van der Waals surface area contributed by atoms with Crippen molar-refractivity contribution in [2.24, 2.45) is 11.8 Å². The van der Waals surface area contributed by atoms with Crippen molar-refractivity contribution < 1.29 is 24.2 Å². The van der Waals surface area contributed by atoms with E-state index in [-0.39, 0.29) is 24.3 Å². The van der Waals surface area contributed by atoms with Crippen molar-refractivity contribution in [1.29, 1.82) is 0 Å². The second kappa shape index (κ2) is 10.7. The first-order chi connectivity index (χ1) is 18.7. The molecule has 3 aliphatic rings. The van der Waals surface area contributed by atoms with Gasteiger partial charge in [-0.25, -0.2) is 0 Å². The van der Waals surface area contributed by atoms with E-state index in [9.17, 15) is 19.5 Å². The second-order valence-electron chi connectivity index (χ2n) is 11.5. The van der Waals surface area contributed by atoms with Gasteiger partial charge in [0.1, 0.15) is 11.6 Å². The van der Waals surface area contributed by atoms with Crippen molar-refractivity contribution in [3.05, 3.63) is 65.2 Å². The number of carbonyl (C=O) groups excluding carboxylic acids is 3. The molecule has 3 saturated heterocycles. The molecule has 0 aliphatic carbocycles. The number of rotatable bonds is 10. The molecule has 2 aromatic rings. The highest BCUT2D eigenvalue weighted by molar-refractivity contribution is 6.04. The summed E-state index contributed by atoms with van der Waals surface area (Å²) in [6.45, 7) is 6.63. The number of aliphatic hydroxyl groups excluding tert-OH is 1. The summed E-state index contributed by atoms with van der Waals surface area (Å²) >= 11 is 0. The molecule has 2 aromatic carbocycles. The molecule has 0 aromatic heterocycles. The summed E-state index contributed by atoms with van der Waals surface area (Å²) in [4.78, 5) is 43.5. The van der Waals surface area contributed by atoms with Crippen molar-refractivity contribution >= 4 is 23.4 Å². The molecule has 3 aliphatic heterocycles. The van der Waals surface area contributed by atoms with Gasteiger partial charge < -0.3 is 25.4 Å². The number of nitrogens with one attached hydrogen (secondary N) is 2. The number of carbonyl (C=O) groups is 3. The third-order valence-electron chi connectivity index (χ3n) is 8.90. The van der Waals surface area contributed by atoms with Gasteiger partial charge in [-0.1, -0.05) is 48.5 Å². The van der Waals surface area contributed by atoms with E-state index < -0.39 is 29.1 Å². The number of aryl methyl sites for hydroxylation is 2. The Morgan fingerprint density at radius 3 is 2.41 bits per heavy atom. The van der Waals surface area contributed by atoms with Gasteiger partial charge in [0.15, 0.2) is 0 Å². The van der Waals surface area contributed by atoms with Gasteiger partial charge in [-0.05, 0) is 69.6 Å². The molecular formula is C31H39N3O5. The molecule has 0 radical (unpaired) electrons. The van der Waals surface area contributed by atoms with Crippen LogP contribution in [-0.2, 0) is 25.7 Å². The second-order valence-corrected chi connectivity index (χ2v) is 11.5. The van der Waals surface area contributed by atoms with Gasteiger partial charge in [-0.2, -0.15) is 0 Å². The van der Waals surface area contributed by atoms with Crippen LogP contribution < -0.4 is 10.6 Å². The van der Waals surface area contributed by atoms with Gasteiger partial charge in [0.2, 0.25) is 17.7 Å². The minimum atomic E-state index is -1.06. The van der Waals surface area contributed by atoms with Crippen LogP contribution in [0.5, 0.6) is 0 Å². The van der Waals surface area contributed by atoms with Crippen molar-refractivity contribution in [2.45, 2.75) is 76.7 Å². The molecule has 39 heavy (non-hydrogen) atoms. The molecule has 2 bridgehead atoms. The Labute approximate surface area is 230 Å². The molecule has 1 spiro atoms. The van der Waals surface area contributed by atoms with Crippen LogP contribution in [-0.4, -0.2) is 58.1 Å². The first-order valence-corrected chi connectivity index (χ1v) is 14.0. The van der Waals surface area contributed by atoms with Gasteiger partial charge in [-0.3, -0.25) is 14.4 Å². The summed E-state index contributed by atoms with van der Waals surface area (Å²) in [5, 5.41) is 15.4. The number of nitrogens with zero attached hydrogens (tertiary/aromatic N) is 1. The fourth-order valence-electron chi connectivity index (χ4n) is 7.04. The Morgan fingerprint density at radius 1 is 1.00 bits per heavy atom. The van der Waals surface area contributed by atoms with Crippen LogP contribution in [0.2, 0.25) is 0 Å². The Kier molecular flexibility index (Phi) is 7.53. The lowest BCUT2D eigenvalue weighted by Crippen LogP contribution is -2.53. The molecule has 3 amide bonds. The average molecular weight is 534 g/mol. The molecule has 3 fully saturated rings. The summed E-state index contributed by atoms with van der Waals surface area (Å²) in [7, 11) is 0. The number of anilines is 1. The summed E-state index contributed by atoms with van der Waals surface area (Å²) in [5.41, 5.74) is 1.73. The van der Waals surface area contributed by atoms with Gasteiger partial charge in [0.25, 0.3) is 0 Å². The number of unbranched alkanes of at least 4 members (excludes halogenated alkanes) is 2. The monoisotopic (exact) mass is 533 g/mol. The molecule has 2 unspecified atom stereocenters. The van der Waals surface area contributed by atoms with E-state index in [0.29, 0.717) is 38.8 Å². The van der Waals surface area contributed by atoms with Crippen molar-refractivity contribution in [3.8, 4) is 0 Å². The third-order valence-corrected chi connectivity index (χ3v) is 8.90. The van der Waals surface area contributed by atoms with E-state index in [4.69, 9.17) is 4.74 Å². The van der Waals surface area contributed by atoms with Crippen molar-refractivity contribution in [1.82, 2.24) is 10.2 Å². The maximum Gasteiger partial charge on any atom is 0.250 e. The van der Waals surface area contributed by atoms with Gasteiger partial charge >= 0.3 is 0 Å². The number of amides is 3. The fraction of sp³-hybridized carbons (Fsp3) is 0.516. The summed E-state index contributed by atoms with van der Waals surface area (Å²) in [6.07, 6.45) is 3.17. The molecule has 0 saturated carbocycles. The molecule has 3 heterocycles. The molecule has 3 N–H and O–H groups in total. The molecule has 5 rings (SSSR count). The van der Waals surface area contributed by atoms with E-state index in [1.807, 2.05) is 69.3 Å². The predicted octanol–water partition coefficient (Wildman–Crippen LogP) is 3.49. The van der Waals surface area contributed by atoms with Gasteiger partial charge in [0, 0.05) is 25.4 Å². The van der Waals surface area contributed by atoms with Crippen LogP contribution in [0.15, 0.2) is 48.5 Å². The molecule has 5 atom stereocenters. The smallest absolute Gasteiger partial charge is 0.250 e. The maximum atomic E-state index is 14.1. The Bertz CT molecular complexity index is 1230.